The molecule has 11 nitrogen and oxygen atoms in total. The first-order chi connectivity index (χ1) is 16.9. The van der Waals surface area contributed by atoms with Crippen molar-refractivity contribution in [1.82, 2.24) is 15.2 Å². The third-order valence-corrected chi connectivity index (χ3v) is 8.34. The van der Waals surface area contributed by atoms with Crippen LogP contribution in [0.1, 0.15) is 5.69 Å². The van der Waals surface area contributed by atoms with E-state index in [0.717, 1.165) is 22.1 Å². The number of hydrogen-bond donors (Lipinski definition) is 3. The Labute approximate surface area is 210 Å². The van der Waals surface area contributed by atoms with E-state index in [2.05, 4.69) is 15.5 Å². The Hall–Kier alpha value is -3.49. The standard InChI is InChI=1S/C21H18N6O5S3/c1-32-25-14(13-9-35-21(22)23-13)17(28)24-15-18(29)27-16(20(30)31)12(8-34-19(15)27)5-26-3-2-10-6-33-7-11(10)4-26/h2-4,6-7,9,15,19H,5,8H2,1H3,(H3-,22,23,24,28,30,31)/p+1/b25-14-/t15?,19-/m1/s1. The number of amides is 2. The van der Waals surface area contributed by atoms with Gasteiger partial charge < -0.3 is 21.0 Å². The number of carboxylic acid groups (broad SMARTS) is 1. The Morgan fingerprint density at radius 3 is 2.89 bits per heavy atom. The molecule has 0 saturated carbocycles. The zero-order chi connectivity index (χ0) is 24.7. The monoisotopic (exact) mass is 531 g/mol. The van der Waals surface area contributed by atoms with Crippen molar-refractivity contribution in [2.24, 2.45) is 5.16 Å². The molecule has 5 rings (SSSR count). The van der Waals surface area contributed by atoms with Crippen molar-refractivity contribution in [3.8, 4) is 0 Å². The lowest BCUT2D eigenvalue weighted by Crippen LogP contribution is -2.71. The van der Waals surface area contributed by atoms with Crippen LogP contribution in [-0.2, 0) is 25.8 Å². The fraction of sp³-hybridized carbons (Fsp3) is 0.238. The van der Waals surface area contributed by atoms with Crippen molar-refractivity contribution >= 4 is 73.8 Å². The molecule has 14 heteroatoms. The predicted octanol–water partition coefficient (Wildman–Crippen LogP) is 1.02. The zero-order valence-corrected chi connectivity index (χ0v) is 20.7. The fourth-order valence-corrected chi connectivity index (χ4v) is 6.64. The molecule has 0 bridgehead atoms. The number of fused-ring (bicyclic) bond motifs is 2. The van der Waals surface area contributed by atoms with E-state index in [1.165, 1.54) is 23.8 Å². The van der Waals surface area contributed by atoms with Gasteiger partial charge >= 0.3 is 5.97 Å². The molecule has 0 aromatic carbocycles. The van der Waals surface area contributed by atoms with E-state index in [1.54, 1.807) is 16.7 Å². The van der Waals surface area contributed by atoms with E-state index in [4.69, 9.17) is 10.6 Å². The molecule has 5 heterocycles. The van der Waals surface area contributed by atoms with Crippen LogP contribution in [0, 0.1) is 0 Å². The van der Waals surface area contributed by atoms with Gasteiger partial charge in [0.1, 0.15) is 29.9 Å². The minimum Gasteiger partial charge on any atom is -0.477 e. The number of nitrogens with two attached hydrogens (primary N) is 1. The van der Waals surface area contributed by atoms with Gasteiger partial charge in [0.05, 0.1) is 5.39 Å². The van der Waals surface area contributed by atoms with Crippen LogP contribution in [0.5, 0.6) is 0 Å². The van der Waals surface area contributed by atoms with Crippen molar-refractivity contribution in [3.63, 3.8) is 0 Å². The third-order valence-electron chi connectivity index (χ3n) is 5.55. The Morgan fingerprint density at radius 1 is 1.37 bits per heavy atom. The predicted molar refractivity (Wildman–Crippen MR) is 132 cm³/mol. The molecule has 2 aliphatic heterocycles. The van der Waals surface area contributed by atoms with Gasteiger partial charge in [-0.25, -0.2) is 14.3 Å². The van der Waals surface area contributed by atoms with Gasteiger partial charge in [-0.15, -0.1) is 23.1 Å². The van der Waals surface area contributed by atoms with Gasteiger partial charge in [-0.2, -0.15) is 11.3 Å². The number of thioether (sulfide) groups is 1. The van der Waals surface area contributed by atoms with Crippen molar-refractivity contribution in [3.05, 3.63) is 51.6 Å². The van der Waals surface area contributed by atoms with Crippen LogP contribution < -0.4 is 15.6 Å². The smallest absolute Gasteiger partial charge is 0.352 e. The summed E-state index contributed by atoms with van der Waals surface area (Å²) < 4.78 is 1.91. The SMILES string of the molecule is CO/N=C(\C(=O)NC1C(=O)N2C(C(=O)O)=C(C[n+]3ccc4cscc4c3)CS[C@H]12)c1csc(N)n1. The Balaban J connectivity index is 1.36. The van der Waals surface area contributed by atoms with Gasteiger partial charge in [0, 0.05) is 33.5 Å². The van der Waals surface area contributed by atoms with Crippen LogP contribution in [0.3, 0.4) is 0 Å². The van der Waals surface area contributed by atoms with Gasteiger partial charge in [0.15, 0.2) is 29.8 Å². The minimum absolute atomic E-state index is 0.0415. The lowest BCUT2D eigenvalue weighted by atomic mass is 10.0. The molecular formula is C21H19N6O5S3+. The maximum atomic E-state index is 13.0. The first-order valence-electron chi connectivity index (χ1n) is 10.3. The number of thiazole rings is 1. The molecule has 2 amide bonds. The van der Waals surface area contributed by atoms with E-state index >= 15 is 0 Å². The Kier molecular flexibility index (Phi) is 6.17. The molecular weight excluding hydrogens is 512 g/mol. The van der Waals surface area contributed by atoms with E-state index in [9.17, 15) is 19.5 Å². The first-order valence-corrected chi connectivity index (χ1v) is 13.1. The number of thiophene rings is 1. The molecule has 3 aromatic heterocycles. The van der Waals surface area contributed by atoms with E-state index in [0.29, 0.717) is 17.9 Å². The molecule has 3 aromatic rings. The first kappa shape index (κ1) is 23.3. The van der Waals surface area contributed by atoms with Crippen LogP contribution in [0.2, 0.25) is 0 Å². The number of β-lactam (4-membered cyclic amide) rings is 1. The molecule has 2 atom stereocenters. The number of nitrogen functional groups attached to an aromatic ring is 1. The number of aromatic nitrogens is 2. The quantitative estimate of drug-likeness (QED) is 0.177. The lowest BCUT2D eigenvalue weighted by molar-refractivity contribution is -0.687. The Bertz CT molecular complexity index is 1410. The van der Waals surface area contributed by atoms with E-state index in [-0.39, 0.29) is 22.2 Å². The number of pyridine rings is 1. The summed E-state index contributed by atoms with van der Waals surface area (Å²) in [6.07, 6.45) is 3.85. The fourth-order valence-electron chi connectivity index (χ4n) is 3.98. The molecule has 4 N–H and O–H groups in total. The molecule has 1 saturated heterocycles. The summed E-state index contributed by atoms with van der Waals surface area (Å²) in [5.74, 6) is -1.95. The average Bonchev–Trinajstić information content (AvgIpc) is 3.48. The van der Waals surface area contributed by atoms with E-state index < -0.39 is 29.2 Å². The molecule has 180 valence electrons. The maximum Gasteiger partial charge on any atom is 0.352 e. The van der Waals surface area contributed by atoms with Crippen LogP contribution in [0.15, 0.2) is 51.0 Å². The second kappa shape index (κ2) is 9.28. The van der Waals surface area contributed by atoms with Crippen LogP contribution in [0.4, 0.5) is 5.13 Å². The number of nitrogens with zero attached hydrogens (tertiary/aromatic N) is 4. The number of rotatable bonds is 7. The van der Waals surface area contributed by atoms with Gasteiger partial charge in [0.2, 0.25) is 0 Å². The van der Waals surface area contributed by atoms with Crippen molar-refractivity contribution < 1.29 is 28.9 Å². The number of hydrogen-bond acceptors (Lipinski definition) is 10. The highest BCUT2D eigenvalue weighted by Gasteiger charge is 2.54. The highest BCUT2D eigenvalue weighted by atomic mass is 32.2. The second-order valence-electron chi connectivity index (χ2n) is 7.71. The summed E-state index contributed by atoms with van der Waals surface area (Å²) in [6, 6.07) is 1.07. The van der Waals surface area contributed by atoms with Gasteiger partial charge in [-0.1, -0.05) is 5.16 Å². The number of carboxylic acids is 1. The van der Waals surface area contributed by atoms with Crippen LogP contribution in [-0.4, -0.2) is 62.8 Å². The number of anilines is 1. The van der Waals surface area contributed by atoms with E-state index in [1.807, 2.05) is 33.8 Å². The van der Waals surface area contributed by atoms with Gasteiger partial charge in [-0.05, 0) is 5.38 Å². The topological polar surface area (TPSA) is 151 Å². The number of carbonyl (C=O) groups excluding carboxylic acids is 2. The Morgan fingerprint density at radius 2 is 2.17 bits per heavy atom. The second-order valence-corrected chi connectivity index (χ2v) is 10.4. The summed E-state index contributed by atoms with van der Waals surface area (Å²) in [4.78, 5) is 48.1. The highest BCUT2D eigenvalue weighted by Crippen LogP contribution is 2.40. The van der Waals surface area contributed by atoms with Crippen molar-refractivity contribution in [2.75, 3.05) is 18.6 Å². The number of aliphatic carboxylic acids is 1. The number of nitrogens with one attached hydrogen (secondary N) is 1. The van der Waals surface area contributed by atoms with Crippen molar-refractivity contribution in [2.45, 2.75) is 18.0 Å². The molecule has 35 heavy (non-hydrogen) atoms. The largest absolute Gasteiger partial charge is 0.477 e. The molecule has 0 radical (unpaired) electrons. The van der Waals surface area contributed by atoms with Crippen molar-refractivity contribution in [1.29, 1.82) is 0 Å². The zero-order valence-electron chi connectivity index (χ0n) is 18.2. The maximum absolute atomic E-state index is 13.0. The summed E-state index contributed by atoms with van der Waals surface area (Å²) in [5.41, 5.74) is 6.33. The summed E-state index contributed by atoms with van der Waals surface area (Å²) >= 11 is 4.13. The normalized spacial score (nSPS) is 20.0. The molecule has 0 aliphatic carbocycles. The lowest BCUT2D eigenvalue weighted by Gasteiger charge is -2.49. The summed E-state index contributed by atoms with van der Waals surface area (Å²) in [7, 11) is 1.29. The molecule has 0 spiro atoms. The van der Waals surface area contributed by atoms with Gasteiger partial charge in [0.25, 0.3) is 11.8 Å². The highest BCUT2D eigenvalue weighted by molar-refractivity contribution is 8.00. The molecule has 2 aliphatic rings. The molecule has 1 unspecified atom stereocenters. The summed E-state index contributed by atoms with van der Waals surface area (Å²) in [5, 5.41) is 23.8. The summed E-state index contributed by atoms with van der Waals surface area (Å²) in [6.45, 7) is 0.337. The van der Waals surface area contributed by atoms with Gasteiger partial charge in [-0.3, -0.25) is 14.5 Å². The average molecular weight is 532 g/mol. The third kappa shape index (κ3) is 4.24. The van der Waals surface area contributed by atoms with Crippen LogP contribution in [0.25, 0.3) is 10.8 Å². The molecule has 1 fully saturated rings. The minimum atomic E-state index is -1.18. The number of carbonyl (C=O) groups is 3. The number of oxime groups is 1. The van der Waals surface area contributed by atoms with Crippen LogP contribution >= 0.6 is 34.4 Å².